The van der Waals surface area contributed by atoms with Gasteiger partial charge in [-0.3, -0.25) is 0 Å². The van der Waals surface area contributed by atoms with Crippen LogP contribution in [0.1, 0.15) is 23.2 Å². The summed E-state index contributed by atoms with van der Waals surface area (Å²) in [4.78, 5) is 16.8. The normalized spacial score (nSPS) is 16.4. The molecule has 0 radical (unpaired) electrons. The minimum atomic E-state index is -0.442. The molecule has 1 saturated heterocycles. The smallest absolute Gasteiger partial charge is 0.339 e. The summed E-state index contributed by atoms with van der Waals surface area (Å²) in [7, 11) is 0. The topological polar surface area (TPSA) is 61.6 Å². The van der Waals surface area contributed by atoms with Crippen LogP contribution in [0.15, 0.2) is 59.1 Å². The number of nitrogens with zero attached hydrogens (tertiary/aromatic N) is 1. The molecule has 0 bridgehead atoms. The average molecular weight is 367 g/mol. The van der Waals surface area contributed by atoms with E-state index in [-0.39, 0.29) is 18.5 Å². The van der Waals surface area contributed by atoms with Gasteiger partial charge in [0.05, 0.1) is 23.4 Å². The summed E-state index contributed by atoms with van der Waals surface area (Å²) in [5.74, 6) is 0.0342. The van der Waals surface area contributed by atoms with Crippen molar-refractivity contribution in [2.75, 3.05) is 13.2 Å². The first-order valence-corrected chi connectivity index (χ1v) is 8.80. The SMILES string of the molecule is O=C(OCC1CCCO1)c1ccccc1-c1ncc(-c2ccc(F)cc2)o1. The molecule has 4 rings (SSSR count). The lowest BCUT2D eigenvalue weighted by Gasteiger charge is -2.11. The van der Waals surface area contributed by atoms with Gasteiger partial charge in [0.25, 0.3) is 0 Å². The van der Waals surface area contributed by atoms with Crippen molar-refractivity contribution in [1.82, 2.24) is 4.98 Å². The van der Waals surface area contributed by atoms with E-state index in [1.807, 2.05) is 0 Å². The molecule has 0 saturated carbocycles. The molecule has 2 aromatic carbocycles. The van der Waals surface area contributed by atoms with Crippen LogP contribution in [0.2, 0.25) is 0 Å². The molecular weight excluding hydrogens is 349 g/mol. The zero-order valence-electron chi connectivity index (χ0n) is 14.6. The molecule has 6 heteroatoms. The van der Waals surface area contributed by atoms with Crippen LogP contribution in [0, 0.1) is 5.82 Å². The lowest BCUT2D eigenvalue weighted by atomic mass is 10.1. The number of hydrogen-bond donors (Lipinski definition) is 0. The second-order valence-electron chi connectivity index (χ2n) is 6.32. The molecule has 1 aliphatic rings. The summed E-state index contributed by atoms with van der Waals surface area (Å²) in [6.45, 7) is 0.945. The zero-order chi connectivity index (χ0) is 18.6. The molecule has 0 spiro atoms. The van der Waals surface area contributed by atoms with Gasteiger partial charge < -0.3 is 13.9 Å². The highest BCUT2D eigenvalue weighted by Crippen LogP contribution is 2.29. The highest BCUT2D eigenvalue weighted by molar-refractivity contribution is 5.96. The predicted octanol–water partition coefficient (Wildman–Crippen LogP) is 4.48. The van der Waals surface area contributed by atoms with E-state index in [1.54, 1.807) is 42.6 Å². The number of esters is 1. The van der Waals surface area contributed by atoms with Crippen LogP contribution in [0.3, 0.4) is 0 Å². The number of ether oxygens (including phenoxy) is 2. The van der Waals surface area contributed by atoms with Gasteiger partial charge in [-0.25, -0.2) is 14.2 Å². The number of carbonyl (C=O) groups is 1. The molecule has 3 aromatic rings. The van der Waals surface area contributed by atoms with Crippen LogP contribution in [-0.2, 0) is 9.47 Å². The van der Waals surface area contributed by atoms with Crippen LogP contribution < -0.4 is 0 Å². The Morgan fingerprint density at radius 2 is 2.00 bits per heavy atom. The molecule has 0 N–H and O–H groups in total. The first kappa shape index (κ1) is 17.4. The van der Waals surface area contributed by atoms with Gasteiger partial charge in [-0.15, -0.1) is 0 Å². The van der Waals surface area contributed by atoms with Crippen LogP contribution in [0.25, 0.3) is 22.8 Å². The number of halogens is 1. The summed E-state index contributed by atoms with van der Waals surface area (Å²) < 4.78 is 29.8. The Morgan fingerprint density at radius 1 is 1.19 bits per heavy atom. The molecule has 2 heterocycles. The van der Waals surface area contributed by atoms with Crippen molar-refractivity contribution in [2.24, 2.45) is 0 Å². The maximum atomic E-state index is 13.1. The van der Waals surface area contributed by atoms with Crippen molar-refractivity contribution in [3.05, 3.63) is 66.1 Å². The molecule has 1 unspecified atom stereocenters. The van der Waals surface area contributed by atoms with Crippen molar-refractivity contribution < 1.29 is 23.1 Å². The molecule has 1 aliphatic heterocycles. The first-order chi connectivity index (χ1) is 13.2. The van der Waals surface area contributed by atoms with Gasteiger partial charge in [-0.2, -0.15) is 0 Å². The second kappa shape index (κ2) is 7.72. The fourth-order valence-corrected chi connectivity index (χ4v) is 3.02. The van der Waals surface area contributed by atoms with Gasteiger partial charge in [-0.1, -0.05) is 12.1 Å². The lowest BCUT2D eigenvalue weighted by Crippen LogP contribution is -2.18. The maximum absolute atomic E-state index is 13.1. The Hall–Kier alpha value is -2.99. The maximum Gasteiger partial charge on any atom is 0.339 e. The predicted molar refractivity (Wildman–Crippen MR) is 96.6 cm³/mol. The quantitative estimate of drug-likeness (QED) is 0.622. The number of oxazole rings is 1. The van der Waals surface area contributed by atoms with Crippen LogP contribution in [0.5, 0.6) is 0 Å². The Kier molecular flexibility index (Phi) is 4.98. The molecule has 5 nitrogen and oxygen atoms in total. The van der Waals surface area contributed by atoms with Crippen molar-refractivity contribution in [1.29, 1.82) is 0 Å². The molecule has 27 heavy (non-hydrogen) atoms. The summed E-state index contributed by atoms with van der Waals surface area (Å²) in [6.07, 6.45) is 3.40. The molecule has 0 amide bonds. The molecular formula is C21H18FNO4. The average Bonchev–Trinajstić information content (AvgIpc) is 3.39. The minimum Gasteiger partial charge on any atom is -0.459 e. The number of carbonyl (C=O) groups excluding carboxylic acids is 1. The minimum absolute atomic E-state index is 0.0343. The number of hydrogen-bond acceptors (Lipinski definition) is 5. The third kappa shape index (κ3) is 3.90. The molecule has 1 atom stereocenters. The number of benzene rings is 2. The van der Waals surface area contributed by atoms with Crippen LogP contribution >= 0.6 is 0 Å². The van der Waals surface area contributed by atoms with E-state index in [4.69, 9.17) is 13.9 Å². The standard InChI is InChI=1S/C21H18FNO4/c22-15-9-7-14(8-10-15)19-12-23-20(27-19)17-5-1-2-6-18(17)21(24)26-13-16-4-3-11-25-16/h1-2,5-10,12,16H,3-4,11,13H2. The summed E-state index contributed by atoms with van der Waals surface area (Å²) in [5.41, 5.74) is 1.62. The van der Waals surface area contributed by atoms with Gasteiger partial charge >= 0.3 is 5.97 Å². The van der Waals surface area contributed by atoms with Gasteiger partial charge in [0.15, 0.2) is 5.76 Å². The Labute approximate surface area is 155 Å². The van der Waals surface area contributed by atoms with E-state index >= 15 is 0 Å². The van der Waals surface area contributed by atoms with E-state index in [0.717, 1.165) is 12.8 Å². The van der Waals surface area contributed by atoms with Crippen molar-refractivity contribution >= 4 is 5.97 Å². The van der Waals surface area contributed by atoms with Gasteiger partial charge in [0.1, 0.15) is 12.4 Å². The Bertz CT molecular complexity index is 929. The largest absolute Gasteiger partial charge is 0.459 e. The third-order valence-electron chi connectivity index (χ3n) is 4.44. The van der Waals surface area contributed by atoms with Crippen LogP contribution in [-0.4, -0.2) is 30.3 Å². The van der Waals surface area contributed by atoms with E-state index in [9.17, 15) is 9.18 Å². The summed E-state index contributed by atoms with van der Waals surface area (Å²) in [6, 6.07) is 12.9. The van der Waals surface area contributed by atoms with Crippen molar-refractivity contribution in [2.45, 2.75) is 18.9 Å². The second-order valence-corrected chi connectivity index (χ2v) is 6.32. The van der Waals surface area contributed by atoms with Crippen molar-refractivity contribution in [3.8, 4) is 22.8 Å². The zero-order valence-corrected chi connectivity index (χ0v) is 14.6. The monoisotopic (exact) mass is 367 g/mol. The van der Waals surface area contributed by atoms with Gasteiger partial charge in [0, 0.05) is 12.2 Å². The van der Waals surface area contributed by atoms with E-state index < -0.39 is 5.97 Å². The van der Waals surface area contributed by atoms with Gasteiger partial charge in [0.2, 0.25) is 5.89 Å². The van der Waals surface area contributed by atoms with E-state index in [2.05, 4.69) is 4.98 Å². The van der Waals surface area contributed by atoms with Crippen molar-refractivity contribution in [3.63, 3.8) is 0 Å². The fourth-order valence-electron chi connectivity index (χ4n) is 3.02. The summed E-state index contributed by atoms with van der Waals surface area (Å²) >= 11 is 0. The highest BCUT2D eigenvalue weighted by atomic mass is 19.1. The number of rotatable bonds is 5. The molecule has 1 fully saturated rings. The Morgan fingerprint density at radius 3 is 2.78 bits per heavy atom. The first-order valence-electron chi connectivity index (χ1n) is 8.80. The molecule has 0 aliphatic carbocycles. The third-order valence-corrected chi connectivity index (χ3v) is 4.44. The fraction of sp³-hybridized carbons (Fsp3) is 0.238. The lowest BCUT2D eigenvalue weighted by molar-refractivity contribution is 0.0162. The summed E-state index contributed by atoms with van der Waals surface area (Å²) in [5, 5.41) is 0. The molecule has 1 aromatic heterocycles. The van der Waals surface area contributed by atoms with E-state index in [0.29, 0.717) is 34.9 Å². The van der Waals surface area contributed by atoms with Crippen LogP contribution in [0.4, 0.5) is 4.39 Å². The van der Waals surface area contributed by atoms with E-state index in [1.165, 1.54) is 12.1 Å². The number of aromatic nitrogens is 1. The highest BCUT2D eigenvalue weighted by Gasteiger charge is 2.21. The molecule has 138 valence electrons. The van der Waals surface area contributed by atoms with Gasteiger partial charge in [-0.05, 0) is 49.2 Å². The Balaban J connectivity index is 1.55.